The summed E-state index contributed by atoms with van der Waals surface area (Å²) >= 11 is 2.61. The molecule has 0 aliphatic heterocycles. The molecule has 2 aromatic carbocycles. The zero-order valence-corrected chi connectivity index (χ0v) is 18.6. The minimum Gasteiger partial charge on any atom is -0.493 e. The van der Waals surface area contributed by atoms with Crippen molar-refractivity contribution in [2.45, 2.75) is 4.34 Å². The second-order valence-corrected chi connectivity index (χ2v) is 8.20. The molecule has 0 saturated heterocycles. The lowest BCUT2D eigenvalue weighted by atomic mass is 10.1. The number of thioether (sulfide) groups is 1. The number of aromatic nitrogens is 1. The SMILES string of the molecule is COc1ccc(-c2nc(SCC(=O)O)sc2-c2ccc(OC)c(OC)c2)cc1OC. The first-order chi connectivity index (χ1) is 14.5. The topological polar surface area (TPSA) is 87.1 Å². The van der Waals surface area contributed by atoms with E-state index in [1.54, 1.807) is 28.4 Å². The van der Waals surface area contributed by atoms with Gasteiger partial charge in [0.05, 0.1) is 44.8 Å². The van der Waals surface area contributed by atoms with Crippen molar-refractivity contribution >= 4 is 29.1 Å². The van der Waals surface area contributed by atoms with Crippen molar-refractivity contribution in [3.05, 3.63) is 36.4 Å². The molecule has 0 atom stereocenters. The van der Waals surface area contributed by atoms with Crippen LogP contribution in [0.1, 0.15) is 0 Å². The molecule has 0 aliphatic carbocycles. The van der Waals surface area contributed by atoms with E-state index in [0.29, 0.717) is 27.3 Å². The van der Waals surface area contributed by atoms with Crippen molar-refractivity contribution in [3.63, 3.8) is 0 Å². The lowest BCUT2D eigenvalue weighted by Gasteiger charge is -2.11. The van der Waals surface area contributed by atoms with E-state index < -0.39 is 5.97 Å². The molecule has 0 fully saturated rings. The number of carbonyl (C=O) groups is 1. The molecule has 9 heteroatoms. The van der Waals surface area contributed by atoms with Crippen molar-refractivity contribution in [3.8, 4) is 44.7 Å². The molecule has 0 spiro atoms. The lowest BCUT2D eigenvalue weighted by molar-refractivity contribution is -0.133. The number of thiazole rings is 1. The highest BCUT2D eigenvalue weighted by molar-refractivity contribution is 8.01. The standard InChI is InChI=1S/C21H21NO6S2/c1-25-14-7-5-12(9-16(14)27-3)19-20(30-21(22-19)29-11-18(23)24)13-6-8-15(26-2)17(10-13)28-4/h5-10H,11H2,1-4H3,(H,23,24). The molecule has 1 heterocycles. The predicted octanol–water partition coefficient (Wildman–Crippen LogP) is 4.69. The number of methoxy groups -OCH3 is 4. The number of hydrogen-bond donors (Lipinski definition) is 1. The maximum atomic E-state index is 11.0. The van der Waals surface area contributed by atoms with Gasteiger partial charge in [0.1, 0.15) is 0 Å². The molecule has 3 rings (SSSR count). The number of carboxylic acids is 1. The van der Waals surface area contributed by atoms with Crippen molar-refractivity contribution in [2.75, 3.05) is 34.2 Å². The van der Waals surface area contributed by atoms with Crippen LogP contribution in [0.4, 0.5) is 0 Å². The first-order valence-corrected chi connectivity index (χ1v) is 10.6. The largest absolute Gasteiger partial charge is 0.493 e. The summed E-state index contributed by atoms with van der Waals surface area (Å²) in [7, 11) is 6.32. The third kappa shape index (κ3) is 4.63. The summed E-state index contributed by atoms with van der Waals surface area (Å²) < 4.78 is 22.2. The monoisotopic (exact) mass is 447 g/mol. The average molecular weight is 448 g/mol. The molecule has 30 heavy (non-hydrogen) atoms. The molecule has 1 N–H and O–H groups in total. The van der Waals surface area contributed by atoms with Crippen LogP contribution >= 0.6 is 23.1 Å². The quantitative estimate of drug-likeness (QED) is 0.473. The van der Waals surface area contributed by atoms with Gasteiger partial charge in [0.25, 0.3) is 0 Å². The Morgan fingerprint density at radius 2 is 1.43 bits per heavy atom. The van der Waals surface area contributed by atoms with E-state index in [4.69, 9.17) is 29.0 Å². The fraction of sp³-hybridized carbons (Fsp3) is 0.238. The Balaban J connectivity index is 2.13. The number of rotatable bonds is 9. The van der Waals surface area contributed by atoms with E-state index in [1.165, 1.54) is 23.1 Å². The number of carboxylic acid groups (broad SMARTS) is 1. The van der Waals surface area contributed by atoms with Crippen molar-refractivity contribution < 1.29 is 28.8 Å². The molecule has 0 amide bonds. The third-order valence-corrected chi connectivity index (χ3v) is 6.46. The zero-order chi connectivity index (χ0) is 21.7. The summed E-state index contributed by atoms with van der Waals surface area (Å²) in [5, 5.41) is 9.03. The Labute approximate surface area is 182 Å². The summed E-state index contributed by atoms with van der Waals surface area (Å²) in [4.78, 5) is 16.6. The van der Waals surface area contributed by atoms with Gasteiger partial charge in [-0.15, -0.1) is 11.3 Å². The maximum Gasteiger partial charge on any atom is 0.313 e. The van der Waals surface area contributed by atoms with Crippen molar-refractivity contribution in [1.82, 2.24) is 4.98 Å². The Morgan fingerprint density at radius 3 is 1.97 bits per heavy atom. The predicted molar refractivity (Wildman–Crippen MR) is 118 cm³/mol. The van der Waals surface area contributed by atoms with Gasteiger partial charge in [0.2, 0.25) is 0 Å². The van der Waals surface area contributed by atoms with Gasteiger partial charge in [-0.1, -0.05) is 11.8 Å². The lowest BCUT2D eigenvalue weighted by Crippen LogP contribution is -1.97. The number of benzene rings is 2. The van der Waals surface area contributed by atoms with Crippen LogP contribution in [-0.2, 0) is 4.79 Å². The van der Waals surface area contributed by atoms with Crippen LogP contribution in [0, 0.1) is 0 Å². The minimum atomic E-state index is -0.893. The van der Waals surface area contributed by atoms with E-state index in [0.717, 1.165) is 21.7 Å². The van der Waals surface area contributed by atoms with E-state index in [1.807, 2.05) is 36.4 Å². The van der Waals surface area contributed by atoms with E-state index in [2.05, 4.69) is 0 Å². The molecule has 7 nitrogen and oxygen atoms in total. The van der Waals surface area contributed by atoms with Crippen LogP contribution in [-0.4, -0.2) is 50.3 Å². The van der Waals surface area contributed by atoms with Crippen molar-refractivity contribution in [2.24, 2.45) is 0 Å². The van der Waals surface area contributed by atoms with Crippen LogP contribution in [0.2, 0.25) is 0 Å². The summed E-state index contributed by atoms with van der Waals surface area (Å²) in [5.74, 6) is 1.46. The average Bonchev–Trinajstić information content (AvgIpc) is 3.21. The highest BCUT2D eigenvalue weighted by Crippen LogP contribution is 2.44. The second kappa shape index (κ2) is 9.73. The summed E-state index contributed by atoms with van der Waals surface area (Å²) in [5.41, 5.74) is 2.44. The zero-order valence-electron chi connectivity index (χ0n) is 16.9. The fourth-order valence-corrected chi connectivity index (χ4v) is 4.72. The van der Waals surface area contributed by atoms with E-state index >= 15 is 0 Å². The maximum absolute atomic E-state index is 11.0. The number of nitrogens with zero attached hydrogens (tertiary/aromatic N) is 1. The summed E-state index contributed by atoms with van der Waals surface area (Å²) in [6, 6.07) is 11.2. The van der Waals surface area contributed by atoms with Gasteiger partial charge >= 0.3 is 5.97 Å². The van der Waals surface area contributed by atoms with E-state index in [-0.39, 0.29) is 5.75 Å². The number of ether oxygens (including phenoxy) is 4. The van der Waals surface area contributed by atoms with Gasteiger partial charge < -0.3 is 24.1 Å². The molecular weight excluding hydrogens is 426 g/mol. The van der Waals surface area contributed by atoms with Crippen LogP contribution in [0.25, 0.3) is 21.7 Å². The smallest absolute Gasteiger partial charge is 0.313 e. The Morgan fingerprint density at radius 1 is 0.900 bits per heavy atom. The first-order valence-electron chi connectivity index (χ1n) is 8.81. The van der Waals surface area contributed by atoms with E-state index in [9.17, 15) is 4.79 Å². The molecule has 0 unspecified atom stereocenters. The van der Waals surface area contributed by atoms with Gasteiger partial charge in [-0.3, -0.25) is 4.79 Å². The highest BCUT2D eigenvalue weighted by atomic mass is 32.2. The third-order valence-electron chi connectivity index (χ3n) is 4.23. The normalized spacial score (nSPS) is 10.5. The number of aliphatic carboxylic acids is 1. The van der Waals surface area contributed by atoms with Crippen LogP contribution < -0.4 is 18.9 Å². The molecule has 0 aliphatic rings. The van der Waals surface area contributed by atoms with Gasteiger partial charge in [0, 0.05) is 5.56 Å². The molecule has 0 radical (unpaired) electrons. The number of hydrogen-bond acceptors (Lipinski definition) is 8. The van der Waals surface area contributed by atoms with Gasteiger partial charge in [-0.2, -0.15) is 0 Å². The fourth-order valence-electron chi connectivity index (χ4n) is 2.84. The molecule has 1 aromatic heterocycles. The summed E-state index contributed by atoms with van der Waals surface area (Å²) in [6.07, 6.45) is 0. The molecule has 3 aromatic rings. The van der Waals surface area contributed by atoms with Crippen molar-refractivity contribution in [1.29, 1.82) is 0 Å². The van der Waals surface area contributed by atoms with Gasteiger partial charge in [-0.05, 0) is 42.0 Å². The Kier molecular flexibility index (Phi) is 7.07. The van der Waals surface area contributed by atoms with Gasteiger partial charge in [0.15, 0.2) is 27.3 Å². The molecular formula is C21H21NO6S2. The molecule has 0 bridgehead atoms. The highest BCUT2D eigenvalue weighted by Gasteiger charge is 2.19. The van der Waals surface area contributed by atoms with Gasteiger partial charge in [-0.25, -0.2) is 4.98 Å². The molecule has 158 valence electrons. The Hall–Kier alpha value is -2.91. The summed E-state index contributed by atoms with van der Waals surface area (Å²) in [6.45, 7) is 0. The van der Waals surface area contributed by atoms with Crippen LogP contribution in [0.5, 0.6) is 23.0 Å². The first kappa shape index (κ1) is 21.8. The minimum absolute atomic E-state index is 0.0652. The second-order valence-electron chi connectivity index (χ2n) is 5.98. The molecule has 0 saturated carbocycles. The Bertz CT molecular complexity index is 977. The van der Waals surface area contributed by atoms with Crippen LogP contribution in [0.15, 0.2) is 40.7 Å². The van der Waals surface area contributed by atoms with Crippen LogP contribution in [0.3, 0.4) is 0 Å².